The molecule has 2 fully saturated rings. The van der Waals surface area contributed by atoms with Crippen LogP contribution in [0.3, 0.4) is 0 Å². The number of rotatable bonds is 24. The average molecular weight is 655 g/mol. The quantitative estimate of drug-likeness (QED) is 0.134. The maximum atomic E-state index is 12.5. The van der Waals surface area contributed by atoms with Crippen molar-refractivity contribution in [1.82, 2.24) is 20.2 Å². The Kier molecular flexibility index (Phi) is 16.0. The minimum atomic E-state index is -0.116. The number of hydrogen-bond acceptors (Lipinski definition) is 10. The van der Waals surface area contributed by atoms with Crippen LogP contribution >= 0.6 is 0 Å². The van der Waals surface area contributed by atoms with Gasteiger partial charge in [0.25, 0.3) is 0 Å². The number of nitrogens with zero attached hydrogens (tertiary/aromatic N) is 3. The molecule has 2 amide bonds. The van der Waals surface area contributed by atoms with Crippen molar-refractivity contribution in [3.05, 3.63) is 36.0 Å². The van der Waals surface area contributed by atoms with Crippen LogP contribution in [0.1, 0.15) is 75.7 Å². The summed E-state index contributed by atoms with van der Waals surface area (Å²) >= 11 is 0. The van der Waals surface area contributed by atoms with Gasteiger partial charge in [0.15, 0.2) is 0 Å². The normalized spacial score (nSPS) is 14.6. The lowest BCUT2D eigenvalue weighted by Crippen LogP contribution is -2.38. The molecule has 1 aromatic heterocycles. The molecule has 2 aliphatic carbocycles. The second kappa shape index (κ2) is 20.7. The number of aromatic nitrogens is 2. The van der Waals surface area contributed by atoms with Gasteiger partial charge < -0.3 is 39.8 Å². The summed E-state index contributed by atoms with van der Waals surface area (Å²) in [5.41, 5.74) is 2.04. The molecule has 1 heterocycles. The van der Waals surface area contributed by atoms with E-state index < -0.39 is 0 Å². The number of amides is 2. The molecule has 0 radical (unpaired) electrons. The van der Waals surface area contributed by atoms with Gasteiger partial charge in [-0.25, -0.2) is 4.98 Å². The van der Waals surface area contributed by atoms with Crippen molar-refractivity contribution in [2.24, 2.45) is 5.92 Å². The zero-order valence-electron chi connectivity index (χ0n) is 28.3. The minimum absolute atomic E-state index is 0.0963. The van der Waals surface area contributed by atoms with Crippen molar-refractivity contribution in [3.63, 3.8) is 0 Å². The van der Waals surface area contributed by atoms with E-state index in [-0.39, 0.29) is 24.3 Å². The molecule has 0 saturated heterocycles. The minimum Gasteiger partial charge on any atom is -0.494 e. The SMILES string of the molecule is CNC(=O)COCCCOCCCCOCCCOc1ccc(Nc2ncc(C3CCC3)c(NCCN(C)C(=O)C3CCC3)n2)cc1. The topological polar surface area (TPSA) is 136 Å². The third kappa shape index (κ3) is 12.9. The number of carbonyl (C=O) groups excluding carboxylic acids is 2. The fraction of sp³-hybridized carbons (Fsp3) is 0.657. The average Bonchev–Trinajstić information content (AvgIpc) is 3.02. The van der Waals surface area contributed by atoms with Crippen molar-refractivity contribution in [2.45, 2.75) is 70.1 Å². The molecule has 12 heteroatoms. The van der Waals surface area contributed by atoms with Gasteiger partial charge in [0.1, 0.15) is 18.2 Å². The molecular formula is C35H54N6O6. The van der Waals surface area contributed by atoms with Gasteiger partial charge in [-0.2, -0.15) is 4.98 Å². The first-order valence-corrected chi connectivity index (χ1v) is 17.3. The van der Waals surface area contributed by atoms with Crippen LogP contribution in [0.4, 0.5) is 17.5 Å². The first-order valence-electron chi connectivity index (χ1n) is 17.3. The lowest BCUT2D eigenvalue weighted by molar-refractivity contribution is -0.136. The molecule has 3 N–H and O–H groups in total. The van der Waals surface area contributed by atoms with Gasteiger partial charge >= 0.3 is 0 Å². The van der Waals surface area contributed by atoms with Gasteiger partial charge in [0.2, 0.25) is 17.8 Å². The van der Waals surface area contributed by atoms with Crippen LogP contribution in [0.25, 0.3) is 0 Å². The Morgan fingerprint density at radius 1 is 0.872 bits per heavy atom. The Morgan fingerprint density at radius 3 is 2.17 bits per heavy atom. The van der Waals surface area contributed by atoms with E-state index >= 15 is 0 Å². The number of nitrogens with one attached hydrogen (secondary N) is 3. The van der Waals surface area contributed by atoms with E-state index in [0.29, 0.717) is 64.6 Å². The van der Waals surface area contributed by atoms with E-state index in [2.05, 4.69) is 20.9 Å². The Balaban J connectivity index is 1.07. The number of ether oxygens (including phenoxy) is 4. The lowest BCUT2D eigenvalue weighted by atomic mass is 9.81. The molecule has 12 nitrogen and oxygen atoms in total. The van der Waals surface area contributed by atoms with E-state index in [9.17, 15) is 9.59 Å². The maximum absolute atomic E-state index is 12.5. The summed E-state index contributed by atoms with van der Waals surface area (Å²) in [4.78, 5) is 34.8. The summed E-state index contributed by atoms with van der Waals surface area (Å²) < 4.78 is 22.4. The number of anilines is 3. The highest BCUT2D eigenvalue weighted by atomic mass is 16.5. The van der Waals surface area contributed by atoms with Crippen molar-refractivity contribution in [2.75, 3.05) is 84.1 Å². The summed E-state index contributed by atoms with van der Waals surface area (Å²) in [6.45, 7) is 5.19. The van der Waals surface area contributed by atoms with Crippen LogP contribution in [0.15, 0.2) is 30.5 Å². The third-order valence-corrected chi connectivity index (χ3v) is 8.66. The van der Waals surface area contributed by atoms with E-state index in [4.69, 9.17) is 23.9 Å². The van der Waals surface area contributed by atoms with Gasteiger partial charge in [0, 0.05) is 90.0 Å². The van der Waals surface area contributed by atoms with Crippen LogP contribution in [-0.2, 0) is 23.8 Å². The summed E-state index contributed by atoms with van der Waals surface area (Å²) in [6, 6.07) is 7.80. The van der Waals surface area contributed by atoms with Crippen molar-refractivity contribution in [1.29, 1.82) is 0 Å². The molecule has 260 valence electrons. The predicted molar refractivity (Wildman–Crippen MR) is 182 cm³/mol. The first-order chi connectivity index (χ1) is 23.0. The molecule has 47 heavy (non-hydrogen) atoms. The summed E-state index contributed by atoms with van der Waals surface area (Å²) in [6.07, 6.45) is 12.2. The molecule has 2 saturated carbocycles. The molecule has 0 aliphatic heterocycles. The zero-order valence-corrected chi connectivity index (χ0v) is 28.3. The highest BCUT2D eigenvalue weighted by Crippen LogP contribution is 2.39. The summed E-state index contributed by atoms with van der Waals surface area (Å²) in [7, 11) is 3.49. The molecule has 0 spiro atoms. The fourth-order valence-corrected chi connectivity index (χ4v) is 5.26. The van der Waals surface area contributed by atoms with Crippen molar-refractivity contribution >= 4 is 29.3 Å². The number of likely N-dealkylation sites (N-methyl/N-ethyl adjacent to an activating group) is 2. The number of unbranched alkanes of at least 4 members (excludes halogenated alkanes) is 1. The second-order valence-electron chi connectivity index (χ2n) is 12.3. The highest BCUT2D eigenvalue weighted by molar-refractivity contribution is 5.79. The predicted octanol–water partition coefficient (Wildman–Crippen LogP) is 4.89. The van der Waals surface area contributed by atoms with Gasteiger partial charge in [-0.3, -0.25) is 9.59 Å². The van der Waals surface area contributed by atoms with Gasteiger partial charge in [-0.1, -0.05) is 12.8 Å². The zero-order chi connectivity index (χ0) is 33.1. The van der Waals surface area contributed by atoms with Crippen LogP contribution < -0.4 is 20.7 Å². The van der Waals surface area contributed by atoms with Crippen molar-refractivity contribution < 1.29 is 28.5 Å². The Labute approximate surface area is 279 Å². The third-order valence-electron chi connectivity index (χ3n) is 8.66. The van der Waals surface area contributed by atoms with E-state index in [0.717, 1.165) is 80.6 Å². The molecule has 0 unspecified atom stereocenters. The molecule has 0 atom stereocenters. The molecule has 4 rings (SSSR count). The Morgan fingerprint density at radius 2 is 1.53 bits per heavy atom. The van der Waals surface area contributed by atoms with Gasteiger partial charge in [-0.05, 0) is 75.1 Å². The monoisotopic (exact) mass is 654 g/mol. The highest BCUT2D eigenvalue weighted by Gasteiger charge is 2.28. The first kappa shape index (κ1) is 36.4. The van der Waals surface area contributed by atoms with Crippen LogP contribution in [0.5, 0.6) is 5.75 Å². The van der Waals surface area contributed by atoms with Gasteiger partial charge in [0.05, 0.1) is 6.61 Å². The largest absolute Gasteiger partial charge is 0.494 e. The van der Waals surface area contributed by atoms with E-state index in [1.54, 1.807) is 7.05 Å². The molecular weight excluding hydrogens is 600 g/mol. The maximum Gasteiger partial charge on any atom is 0.245 e. The fourth-order valence-electron chi connectivity index (χ4n) is 5.26. The second-order valence-corrected chi connectivity index (χ2v) is 12.3. The summed E-state index contributed by atoms with van der Waals surface area (Å²) in [5, 5.41) is 9.32. The van der Waals surface area contributed by atoms with Crippen LogP contribution in [0.2, 0.25) is 0 Å². The Bertz CT molecular complexity index is 1210. The standard InChI is InChI=1S/C35H54N6O6/c1-36-32(42)26-46-23-7-21-44-19-3-4-20-45-22-8-24-47-30-15-13-29(14-16-30)39-35-38-25-31(27-9-5-10-27)33(40-35)37-17-18-41(2)34(43)28-11-6-12-28/h13-16,25,27-28H,3-12,17-24,26H2,1-2H3,(H,36,42)(H2,37,38,39,40). The van der Waals surface area contributed by atoms with Crippen LogP contribution in [-0.4, -0.2) is 100 Å². The van der Waals surface area contributed by atoms with Crippen LogP contribution in [0, 0.1) is 5.92 Å². The number of hydrogen-bond donors (Lipinski definition) is 3. The molecule has 2 aliphatic rings. The number of benzene rings is 1. The van der Waals surface area contributed by atoms with E-state index in [1.165, 1.54) is 6.42 Å². The van der Waals surface area contributed by atoms with E-state index in [1.807, 2.05) is 42.4 Å². The van der Waals surface area contributed by atoms with Gasteiger partial charge in [-0.15, -0.1) is 0 Å². The summed E-state index contributed by atoms with van der Waals surface area (Å²) in [5.74, 6) is 3.04. The number of carbonyl (C=O) groups is 2. The smallest absolute Gasteiger partial charge is 0.245 e. The van der Waals surface area contributed by atoms with Crippen molar-refractivity contribution in [3.8, 4) is 5.75 Å². The molecule has 2 aromatic rings. The Hall–Kier alpha value is -3.48. The molecule has 1 aromatic carbocycles. The molecule has 0 bridgehead atoms. The lowest BCUT2D eigenvalue weighted by Gasteiger charge is -2.30.